The van der Waals surface area contributed by atoms with Gasteiger partial charge in [0.05, 0.1) is 0 Å². The van der Waals surface area contributed by atoms with Crippen LogP contribution < -0.4 is 5.32 Å². The van der Waals surface area contributed by atoms with Gasteiger partial charge in [0.1, 0.15) is 0 Å². The van der Waals surface area contributed by atoms with Crippen molar-refractivity contribution >= 4 is 5.91 Å². The number of terminal acetylenes is 1. The highest BCUT2D eigenvalue weighted by Crippen LogP contribution is 2.37. The Hall–Kier alpha value is -2.23. The van der Waals surface area contributed by atoms with Crippen LogP contribution in [0.1, 0.15) is 37.3 Å². The fourth-order valence-corrected chi connectivity index (χ4v) is 3.63. The zero-order chi connectivity index (χ0) is 19.1. The highest BCUT2D eigenvalue weighted by atomic mass is 16.1. The molecule has 2 aliphatic heterocycles. The first-order valence-corrected chi connectivity index (χ1v) is 9.74. The maximum atomic E-state index is 12.2. The van der Waals surface area contributed by atoms with Crippen molar-refractivity contribution in [3.05, 3.63) is 35.9 Å². The van der Waals surface area contributed by atoms with E-state index in [9.17, 15) is 4.79 Å². The molecule has 1 N–H and O–H groups in total. The van der Waals surface area contributed by atoms with Gasteiger partial charge in [-0.1, -0.05) is 30.3 Å². The molecule has 6 nitrogen and oxygen atoms in total. The molecule has 0 bridgehead atoms. The summed E-state index contributed by atoms with van der Waals surface area (Å²) in [5.41, 5.74) is 0.960. The summed E-state index contributed by atoms with van der Waals surface area (Å²) in [5, 5.41) is 11.2. The molecule has 144 valence electrons. The SMILES string of the molecule is C#CCCC1(CCC(=O)NCCN2CCN(C)CC2c2ccccc2)N=N1. The van der Waals surface area contributed by atoms with Crippen LogP contribution in [0.2, 0.25) is 0 Å². The molecule has 27 heavy (non-hydrogen) atoms. The quantitative estimate of drug-likeness (QED) is 0.682. The van der Waals surface area contributed by atoms with Crippen LogP contribution in [0.25, 0.3) is 0 Å². The number of amides is 1. The molecule has 1 fully saturated rings. The van der Waals surface area contributed by atoms with Gasteiger partial charge in [-0.25, -0.2) is 0 Å². The van der Waals surface area contributed by atoms with Crippen LogP contribution in [-0.4, -0.2) is 61.1 Å². The minimum atomic E-state index is -0.375. The summed E-state index contributed by atoms with van der Waals surface area (Å²) in [6, 6.07) is 11.0. The first-order chi connectivity index (χ1) is 13.1. The lowest BCUT2D eigenvalue weighted by atomic mass is 10.0. The van der Waals surface area contributed by atoms with Gasteiger partial charge >= 0.3 is 0 Å². The normalized spacial score (nSPS) is 21.6. The summed E-state index contributed by atoms with van der Waals surface area (Å²) in [7, 11) is 2.17. The third-order valence-corrected chi connectivity index (χ3v) is 5.40. The number of rotatable bonds is 9. The predicted octanol–water partition coefficient (Wildman–Crippen LogP) is 2.45. The number of benzene rings is 1. The zero-order valence-electron chi connectivity index (χ0n) is 16.1. The second-order valence-corrected chi connectivity index (χ2v) is 7.46. The monoisotopic (exact) mass is 367 g/mol. The average molecular weight is 367 g/mol. The van der Waals surface area contributed by atoms with Crippen LogP contribution in [0.4, 0.5) is 0 Å². The molecule has 1 amide bonds. The van der Waals surface area contributed by atoms with E-state index in [-0.39, 0.29) is 11.6 Å². The molecule has 1 aromatic rings. The van der Waals surface area contributed by atoms with Crippen molar-refractivity contribution in [1.29, 1.82) is 0 Å². The fourth-order valence-electron chi connectivity index (χ4n) is 3.63. The van der Waals surface area contributed by atoms with Crippen LogP contribution in [0.3, 0.4) is 0 Å². The molecule has 1 aromatic carbocycles. The van der Waals surface area contributed by atoms with Crippen molar-refractivity contribution in [2.45, 2.75) is 37.4 Å². The molecule has 2 aliphatic rings. The van der Waals surface area contributed by atoms with Crippen LogP contribution >= 0.6 is 0 Å². The van der Waals surface area contributed by atoms with E-state index in [4.69, 9.17) is 6.42 Å². The van der Waals surface area contributed by atoms with E-state index in [0.717, 1.165) is 32.6 Å². The Kier molecular flexibility index (Phi) is 6.59. The summed E-state index contributed by atoms with van der Waals surface area (Å²) < 4.78 is 0. The fraction of sp³-hybridized carbons (Fsp3) is 0.571. The topological polar surface area (TPSA) is 60.3 Å². The average Bonchev–Trinajstić information content (AvgIpc) is 3.47. The Balaban J connectivity index is 1.42. The molecular weight excluding hydrogens is 338 g/mol. The summed E-state index contributed by atoms with van der Waals surface area (Å²) >= 11 is 0. The number of carbonyl (C=O) groups is 1. The van der Waals surface area contributed by atoms with Crippen molar-refractivity contribution in [1.82, 2.24) is 15.1 Å². The number of hydrogen-bond acceptors (Lipinski definition) is 5. The third-order valence-electron chi connectivity index (χ3n) is 5.40. The number of nitrogens with zero attached hydrogens (tertiary/aromatic N) is 4. The molecule has 6 heteroatoms. The van der Waals surface area contributed by atoms with E-state index in [1.165, 1.54) is 5.56 Å². The van der Waals surface area contributed by atoms with Crippen molar-refractivity contribution in [2.24, 2.45) is 10.2 Å². The Labute approximate surface area is 162 Å². The summed E-state index contributed by atoms with van der Waals surface area (Å²) in [5.74, 6) is 2.68. The first-order valence-electron chi connectivity index (χ1n) is 9.74. The van der Waals surface area contributed by atoms with Crippen LogP contribution in [-0.2, 0) is 4.79 Å². The van der Waals surface area contributed by atoms with Crippen molar-refractivity contribution in [3.63, 3.8) is 0 Å². The van der Waals surface area contributed by atoms with Gasteiger partial charge in [-0.2, -0.15) is 10.2 Å². The van der Waals surface area contributed by atoms with Crippen LogP contribution in [0.15, 0.2) is 40.6 Å². The highest BCUT2D eigenvalue weighted by Gasteiger charge is 2.39. The second kappa shape index (κ2) is 9.12. The van der Waals surface area contributed by atoms with Gasteiger partial charge in [-0.05, 0) is 12.6 Å². The van der Waals surface area contributed by atoms with E-state index >= 15 is 0 Å². The lowest BCUT2D eigenvalue weighted by Gasteiger charge is -2.40. The Morgan fingerprint density at radius 2 is 2.07 bits per heavy atom. The maximum Gasteiger partial charge on any atom is 0.220 e. The number of carbonyl (C=O) groups excluding carboxylic acids is 1. The standard InChI is InChI=1S/C21H29N5O/c1-3-4-11-21(23-24-21)12-10-20(27)22-13-14-26-16-15-25(2)17-19(26)18-8-6-5-7-9-18/h1,5-9,19H,4,10-17H2,2H3,(H,22,27). The first kappa shape index (κ1) is 19.5. The molecular formula is C21H29N5O. The molecule has 0 radical (unpaired) electrons. The van der Waals surface area contributed by atoms with Crippen LogP contribution in [0, 0.1) is 12.3 Å². The number of hydrogen-bond donors (Lipinski definition) is 1. The molecule has 2 heterocycles. The zero-order valence-corrected chi connectivity index (χ0v) is 16.1. The second-order valence-electron chi connectivity index (χ2n) is 7.46. The number of likely N-dealkylation sites (N-methyl/N-ethyl adjacent to an activating group) is 1. The van der Waals surface area contributed by atoms with E-state index in [1.54, 1.807) is 0 Å². The van der Waals surface area contributed by atoms with Gasteiger partial charge in [-0.3, -0.25) is 9.69 Å². The van der Waals surface area contributed by atoms with Gasteiger partial charge in [0.2, 0.25) is 5.91 Å². The Morgan fingerprint density at radius 3 is 2.78 bits per heavy atom. The smallest absolute Gasteiger partial charge is 0.220 e. The molecule has 0 aliphatic carbocycles. The number of nitrogens with one attached hydrogen (secondary N) is 1. The van der Waals surface area contributed by atoms with Crippen molar-refractivity contribution < 1.29 is 4.79 Å². The largest absolute Gasteiger partial charge is 0.355 e. The van der Waals surface area contributed by atoms with Gasteiger partial charge < -0.3 is 10.2 Å². The Morgan fingerprint density at radius 1 is 1.30 bits per heavy atom. The molecule has 1 unspecified atom stereocenters. The highest BCUT2D eigenvalue weighted by molar-refractivity contribution is 5.76. The van der Waals surface area contributed by atoms with Gasteiger partial charge in [0.25, 0.3) is 0 Å². The summed E-state index contributed by atoms with van der Waals surface area (Å²) in [4.78, 5) is 17.0. The minimum Gasteiger partial charge on any atom is -0.355 e. The lowest BCUT2D eigenvalue weighted by molar-refractivity contribution is -0.121. The van der Waals surface area contributed by atoms with Gasteiger partial charge in [-0.15, -0.1) is 12.3 Å². The van der Waals surface area contributed by atoms with Gasteiger partial charge in [0.15, 0.2) is 5.66 Å². The number of piperazine rings is 1. The lowest BCUT2D eigenvalue weighted by Crippen LogP contribution is -2.49. The van der Waals surface area contributed by atoms with Crippen molar-refractivity contribution in [2.75, 3.05) is 39.8 Å². The maximum absolute atomic E-state index is 12.2. The van der Waals surface area contributed by atoms with Gasteiger partial charge in [0, 0.05) is 64.4 Å². The summed E-state index contributed by atoms with van der Waals surface area (Å²) in [6.45, 7) is 4.60. The predicted molar refractivity (Wildman–Crippen MR) is 106 cm³/mol. The molecule has 0 saturated carbocycles. The van der Waals surface area contributed by atoms with E-state index in [1.807, 2.05) is 0 Å². The molecule has 0 spiro atoms. The third kappa shape index (κ3) is 5.62. The summed E-state index contributed by atoms with van der Waals surface area (Å²) in [6.07, 6.45) is 7.80. The molecule has 0 aromatic heterocycles. The van der Waals surface area contributed by atoms with E-state index in [0.29, 0.717) is 31.8 Å². The molecule has 1 saturated heterocycles. The van der Waals surface area contributed by atoms with Crippen molar-refractivity contribution in [3.8, 4) is 12.3 Å². The minimum absolute atomic E-state index is 0.0674. The van der Waals surface area contributed by atoms with E-state index in [2.05, 4.69) is 68.6 Å². The molecule has 1 atom stereocenters. The Bertz CT molecular complexity index is 690. The van der Waals surface area contributed by atoms with Crippen LogP contribution in [0.5, 0.6) is 0 Å². The van der Waals surface area contributed by atoms with E-state index < -0.39 is 0 Å². The molecule has 3 rings (SSSR count).